The predicted octanol–water partition coefficient (Wildman–Crippen LogP) is 10.2. The Labute approximate surface area is 651 Å². The van der Waals surface area contributed by atoms with Crippen molar-refractivity contribution in [3.63, 3.8) is 0 Å². The quantitative estimate of drug-likeness (QED) is 0.0116. The Kier molecular flexibility index (Phi) is 33.5. The first kappa shape index (κ1) is 91.0. The lowest BCUT2D eigenvalue weighted by Gasteiger charge is -2.14. The van der Waals surface area contributed by atoms with Crippen LogP contribution < -0.4 is 34.1 Å². The number of carboxylic acid groups (broad SMARTS) is 1. The van der Waals surface area contributed by atoms with E-state index in [1.165, 1.54) is 81.3 Å². The number of carboxylic acids is 1. The van der Waals surface area contributed by atoms with Crippen LogP contribution in [0.2, 0.25) is 0 Å². The van der Waals surface area contributed by atoms with Gasteiger partial charge in [0.15, 0.2) is 76.8 Å². The zero-order valence-electron chi connectivity index (χ0n) is 63.0. The van der Waals surface area contributed by atoms with Gasteiger partial charge in [-0.1, -0.05) is 113 Å². The number of esters is 2. The number of carbonyl (C=O) groups is 4. The fourth-order valence-corrected chi connectivity index (χ4v) is 17.8. The first-order valence-corrected chi connectivity index (χ1v) is 40.2. The average Bonchev–Trinajstić information content (AvgIpc) is 0.825. The number of hydrogen-bond acceptors (Lipinski definition) is 31. The highest BCUT2D eigenvalue weighted by atomic mass is 79.9. The molecule has 0 spiro atoms. The monoisotopic (exact) mass is 1660 g/mol. The molecule has 588 valence electrons. The van der Waals surface area contributed by atoms with Crippen molar-refractivity contribution in [1.29, 1.82) is 0 Å². The number of aromatic nitrogens is 8. The number of Topliss-reactive ketones (excluding diaryl/α,β-unsaturated/α-hetero) is 1. The van der Waals surface area contributed by atoms with E-state index in [9.17, 15) is 45.1 Å². The predicted molar refractivity (Wildman–Crippen MR) is 426 cm³/mol. The molecule has 0 aliphatic heterocycles. The van der Waals surface area contributed by atoms with Crippen molar-refractivity contribution in [2.45, 2.75) is 71.6 Å². The second-order valence-corrected chi connectivity index (χ2v) is 34.3. The van der Waals surface area contributed by atoms with E-state index in [1.807, 2.05) is 122 Å². The number of ketones is 1. The molecule has 0 aliphatic carbocycles. The molecule has 0 radical (unpaired) electrons. The number of anilines is 5. The molecule has 0 saturated carbocycles. The maximum absolute atomic E-state index is 12.9. The molecule has 6 aromatic carbocycles. The van der Waals surface area contributed by atoms with Gasteiger partial charge in [0.1, 0.15) is 10.3 Å². The zero-order valence-corrected chi connectivity index (χ0v) is 68.0. The van der Waals surface area contributed by atoms with E-state index in [4.69, 9.17) is 52.9 Å². The first-order valence-electron chi connectivity index (χ1n) is 32.6. The maximum atomic E-state index is 12.9. The van der Waals surface area contributed by atoms with Gasteiger partial charge in [0.05, 0.1) is 65.9 Å². The topological polar surface area (TPSA) is 520 Å². The Morgan fingerprint density at radius 3 is 1.12 bits per heavy atom. The number of rotatable bonds is 20. The summed E-state index contributed by atoms with van der Waals surface area (Å²) in [5.74, 6) is -2.63. The lowest BCUT2D eigenvalue weighted by molar-refractivity contribution is 0.0586. The van der Waals surface area contributed by atoms with Crippen LogP contribution in [0.4, 0.5) is 29.0 Å². The van der Waals surface area contributed by atoms with Gasteiger partial charge in [-0.25, -0.2) is 71.1 Å². The van der Waals surface area contributed by atoms with Crippen molar-refractivity contribution in [1.82, 2.24) is 39.9 Å². The summed E-state index contributed by atoms with van der Waals surface area (Å²) in [7, 11) is -9.30. The number of carbonyl (C=O) groups excluding carboxylic acids is 3. The minimum absolute atomic E-state index is 0.0203. The molecule has 10 aromatic rings. The Hall–Kier alpha value is -10.6. The van der Waals surface area contributed by atoms with Gasteiger partial charge in [-0.2, -0.15) is 0 Å². The molecule has 38 heteroatoms. The van der Waals surface area contributed by atoms with E-state index in [1.54, 1.807) is 12.3 Å². The lowest BCUT2D eigenvalue weighted by Crippen LogP contribution is -2.31. The van der Waals surface area contributed by atoms with Crippen molar-refractivity contribution < 1.29 is 87.9 Å². The van der Waals surface area contributed by atoms with Crippen LogP contribution >= 0.6 is 31.1 Å². The molecule has 0 fully saturated rings. The van der Waals surface area contributed by atoms with Crippen LogP contribution in [0.1, 0.15) is 92.0 Å². The normalized spacial score (nSPS) is 11.0. The van der Waals surface area contributed by atoms with Crippen LogP contribution in [0.5, 0.6) is 0 Å². The molecule has 0 amide bonds. The van der Waals surface area contributed by atoms with Gasteiger partial charge >= 0.3 is 40.2 Å². The minimum Gasteiger partial charge on any atom is -0.476 e. The number of ether oxygens (including phenoxy) is 2. The molecule has 0 atom stereocenters. The molecular weight excluding hydrogens is 1580 g/mol. The van der Waals surface area contributed by atoms with Gasteiger partial charge in [0, 0.05) is 57.2 Å². The largest absolute Gasteiger partial charge is 0.488 e. The van der Waals surface area contributed by atoms with Gasteiger partial charge in [-0.05, 0) is 135 Å². The summed E-state index contributed by atoms with van der Waals surface area (Å²) >= 11 is 3.06. The van der Waals surface area contributed by atoms with Gasteiger partial charge < -0.3 is 71.4 Å². The van der Waals surface area contributed by atoms with Crippen LogP contribution in [0.15, 0.2) is 161 Å². The van der Waals surface area contributed by atoms with E-state index in [2.05, 4.69) is 74.3 Å². The van der Waals surface area contributed by atoms with Crippen LogP contribution in [-0.2, 0) is 62.8 Å². The van der Waals surface area contributed by atoms with Crippen LogP contribution in [0, 0.1) is 55.4 Å². The van der Waals surface area contributed by atoms with Crippen LogP contribution in [-0.4, -0.2) is 156 Å². The smallest absolute Gasteiger partial charge is 0.476 e. The summed E-state index contributed by atoms with van der Waals surface area (Å²) in [6.07, 6.45) is 5.92. The number of methoxy groups -OCH3 is 2. The number of aromatic carboxylic acids is 1. The van der Waals surface area contributed by atoms with Crippen molar-refractivity contribution in [2.24, 2.45) is 0 Å². The molecule has 13 N–H and O–H groups in total. The van der Waals surface area contributed by atoms with Crippen molar-refractivity contribution >= 4 is 116 Å². The standard InChI is InChI=1S/C23H26N3O6PS.C14H15N3O2.C13H13N3O2.C9H14NO5PS.C8H11BO2.C6H6BrN3O2/c1-15-5-10-19(16(2)11-15)20-13-25-23(24)22(26-20)21(27)12-17-6-8-18(9-7-17)34(29,30)14-33(28,31-3)32-4;1-8-4-5-10(9(2)6-8)11-7-16-13(15)12(17-11)14(18)19-3;1-7-3-4-9(8(2)5-7)10-6-15-12(14)11(16-10)13(17)18;1-14-16(11,15-2)7-17(12,13)9-5-3-8(10)4-6-9;1-6-3-4-8(9(10)11)7(2)5-6;1-12-6(11)4-5(8)9-2-3(7)10-4/h5-11,13H,12,14H2,1-4H3,(H2,24,25);4-7H,1-3H3,(H2,15,16);3-6H,1-2H3,(H2,14,15)(H,17,18);3-6H,7,10H2,1-2H3;3-5,10-11H,1-2H3;2H,1H3,(H2,8,9). The average molecular weight is 1670 g/mol. The molecule has 4 aromatic heterocycles. The second kappa shape index (κ2) is 40.9. The number of benzene rings is 6. The molecule has 32 nitrogen and oxygen atoms in total. The Morgan fingerprint density at radius 2 is 0.766 bits per heavy atom. The highest BCUT2D eigenvalue weighted by Gasteiger charge is 2.33. The van der Waals surface area contributed by atoms with E-state index < -0.39 is 70.9 Å². The second-order valence-electron chi connectivity index (χ2n) is 24.1. The zero-order chi connectivity index (χ0) is 83.0. The van der Waals surface area contributed by atoms with Gasteiger partial charge in [-0.15, -0.1) is 0 Å². The number of nitrogen functional groups attached to an aromatic ring is 5. The summed E-state index contributed by atoms with van der Waals surface area (Å²) in [5, 5.41) is 26.7. The summed E-state index contributed by atoms with van der Waals surface area (Å²) in [6, 6.07) is 34.5. The lowest BCUT2D eigenvalue weighted by atomic mass is 9.77. The van der Waals surface area contributed by atoms with Crippen molar-refractivity contribution in [2.75, 3.05) is 82.3 Å². The van der Waals surface area contributed by atoms with Crippen LogP contribution in [0.25, 0.3) is 33.8 Å². The fraction of sp³-hybridized carbons (Fsp3) is 0.233. The third-order valence-corrected chi connectivity index (χ3v) is 25.6. The fourth-order valence-electron chi connectivity index (χ4n) is 9.92. The number of nitrogens with zero attached hydrogens (tertiary/aromatic N) is 8. The van der Waals surface area contributed by atoms with Gasteiger partial charge in [0.25, 0.3) is 0 Å². The highest BCUT2D eigenvalue weighted by Crippen LogP contribution is 2.49. The SMILES string of the molecule is COC(=O)c1nc(-c2ccc(C)cc2C)cnc1N.COC(=O)c1nc(Br)cnc1N.COP(=O)(CS(=O)(=O)c1ccc(CC(=O)c2nc(-c3ccc(C)cc3C)cnc2N)cc1)OC.COP(=O)(CS(=O)(=O)c1ccc(N)cc1)OC.Cc1ccc(-c2cnc(N)c(C(=O)O)n2)c(C)c1.Cc1ccc(B(O)O)c(C)c1. The molecule has 0 aliphatic rings. The number of sulfone groups is 2. The Morgan fingerprint density at radius 1 is 0.441 bits per heavy atom. The van der Waals surface area contributed by atoms with Gasteiger partial charge in [-0.3, -0.25) is 13.9 Å². The van der Waals surface area contributed by atoms with E-state index >= 15 is 0 Å². The third kappa shape index (κ3) is 26.3. The van der Waals surface area contributed by atoms with Crippen molar-refractivity contribution in [3.8, 4) is 33.8 Å². The summed E-state index contributed by atoms with van der Waals surface area (Å²) in [6.45, 7) is 15.7. The third-order valence-electron chi connectivity index (χ3n) is 15.7. The molecular formula is C73H85BBrN13O19P2S2. The number of aryl methyl sites for hydroxylation is 8. The van der Waals surface area contributed by atoms with Crippen molar-refractivity contribution in [3.05, 3.63) is 224 Å². The molecule has 0 bridgehead atoms. The first-order chi connectivity index (χ1) is 52.1. The summed E-state index contributed by atoms with van der Waals surface area (Å²) in [4.78, 5) is 78.7. The molecule has 4 heterocycles. The number of hydrogen-bond donors (Lipinski definition) is 8. The van der Waals surface area contributed by atoms with E-state index in [0.717, 1.165) is 89.6 Å². The summed E-state index contributed by atoms with van der Waals surface area (Å²) in [5.41, 5.74) is 40.7. The maximum Gasteiger partial charge on any atom is 0.488 e. The highest BCUT2D eigenvalue weighted by molar-refractivity contribution is 9.10. The number of halogens is 1. The Bertz CT molecular complexity index is 5330. The molecule has 0 saturated heterocycles. The van der Waals surface area contributed by atoms with Gasteiger partial charge in [0.2, 0.25) is 0 Å². The minimum atomic E-state index is -3.93. The molecule has 0 unspecified atom stereocenters. The number of nitrogens with two attached hydrogens (primary N) is 5. The molecule has 111 heavy (non-hydrogen) atoms. The molecule has 10 rings (SSSR count). The van der Waals surface area contributed by atoms with E-state index in [-0.39, 0.29) is 68.0 Å². The van der Waals surface area contributed by atoms with Crippen LogP contribution in [0.3, 0.4) is 0 Å². The Balaban J connectivity index is 0.000000249. The van der Waals surface area contributed by atoms with E-state index in [0.29, 0.717) is 38.4 Å². The summed E-state index contributed by atoms with van der Waals surface area (Å²) < 4.78 is 101.